The average molecular weight is 409 g/mol. The molecular weight excluding hydrogens is 372 g/mol. The molecule has 7 nitrogen and oxygen atoms in total. The molecule has 7 heteroatoms. The molecule has 1 aliphatic rings. The summed E-state index contributed by atoms with van der Waals surface area (Å²) in [5.74, 6) is 0.431. The van der Waals surface area contributed by atoms with Crippen LogP contribution in [0.15, 0.2) is 30.3 Å². The number of benzene rings is 1. The molecule has 1 heterocycles. The molecule has 164 valence electrons. The summed E-state index contributed by atoms with van der Waals surface area (Å²) in [5.41, 5.74) is 0.661. The number of β-amino-alcohol motifs (C(OH)–C–C–N with tert-alkyl or cyclic N) is 1. The third-order valence-electron chi connectivity index (χ3n) is 4.75. The van der Waals surface area contributed by atoms with E-state index in [2.05, 4.69) is 18.7 Å². The van der Waals surface area contributed by atoms with Gasteiger partial charge in [0.2, 0.25) is 0 Å². The van der Waals surface area contributed by atoms with Gasteiger partial charge in [-0.3, -0.25) is 9.69 Å². The molecule has 1 aromatic carbocycles. The van der Waals surface area contributed by atoms with Gasteiger partial charge >= 0.3 is 0 Å². The Labute approximate surface area is 174 Å². The van der Waals surface area contributed by atoms with Crippen LogP contribution in [-0.2, 0) is 14.2 Å². The van der Waals surface area contributed by atoms with Gasteiger partial charge < -0.3 is 24.2 Å². The maximum Gasteiger partial charge on any atom is 0.254 e. The number of hydrogen-bond acceptors (Lipinski definition) is 6. The molecule has 0 spiro atoms. The van der Waals surface area contributed by atoms with Crippen molar-refractivity contribution in [2.45, 2.75) is 26.1 Å². The van der Waals surface area contributed by atoms with E-state index in [-0.39, 0.29) is 12.0 Å². The molecular formula is C22H36N2O5. The molecule has 1 saturated heterocycles. The minimum atomic E-state index is -0.525. The molecule has 0 aliphatic carbocycles. The Morgan fingerprint density at radius 2 is 2.07 bits per heavy atom. The number of morpholine rings is 1. The number of aliphatic hydroxyl groups is 1. The Bertz CT molecular complexity index is 584. The number of amides is 1. The first-order valence-corrected chi connectivity index (χ1v) is 10.4. The van der Waals surface area contributed by atoms with Gasteiger partial charge in [-0.2, -0.15) is 0 Å². The van der Waals surface area contributed by atoms with E-state index < -0.39 is 6.10 Å². The van der Waals surface area contributed by atoms with Gasteiger partial charge in [-0.1, -0.05) is 32.0 Å². The number of aliphatic hydroxyl groups excluding tert-OH is 1. The van der Waals surface area contributed by atoms with Crippen LogP contribution < -0.4 is 0 Å². The molecule has 1 fully saturated rings. The van der Waals surface area contributed by atoms with Crippen molar-refractivity contribution < 1.29 is 24.1 Å². The minimum Gasteiger partial charge on any atom is -0.389 e. The summed E-state index contributed by atoms with van der Waals surface area (Å²) in [6, 6.07) is 9.27. The summed E-state index contributed by atoms with van der Waals surface area (Å²) < 4.78 is 16.6. The molecule has 0 radical (unpaired) electrons. The highest BCUT2D eigenvalue weighted by molar-refractivity contribution is 5.94. The molecule has 0 saturated carbocycles. The van der Waals surface area contributed by atoms with Crippen LogP contribution in [0.1, 0.15) is 24.2 Å². The Kier molecular flexibility index (Phi) is 10.6. The van der Waals surface area contributed by atoms with Crippen LogP contribution in [0.3, 0.4) is 0 Å². The van der Waals surface area contributed by atoms with Gasteiger partial charge in [0.1, 0.15) is 0 Å². The van der Waals surface area contributed by atoms with Gasteiger partial charge in [-0.15, -0.1) is 0 Å². The molecule has 0 bridgehead atoms. The third-order valence-corrected chi connectivity index (χ3v) is 4.75. The molecule has 1 aliphatic heterocycles. The van der Waals surface area contributed by atoms with Crippen molar-refractivity contribution in [1.29, 1.82) is 0 Å². The van der Waals surface area contributed by atoms with E-state index in [1.165, 1.54) is 0 Å². The Hall–Kier alpha value is -1.51. The second-order valence-corrected chi connectivity index (χ2v) is 7.95. The van der Waals surface area contributed by atoms with E-state index >= 15 is 0 Å². The summed E-state index contributed by atoms with van der Waals surface area (Å²) in [6.45, 7) is 9.21. The maximum absolute atomic E-state index is 12.9. The highest BCUT2D eigenvalue weighted by Crippen LogP contribution is 2.11. The quantitative estimate of drug-likeness (QED) is 0.565. The van der Waals surface area contributed by atoms with Crippen molar-refractivity contribution in [3.8, 4) is 0 Å². The van der Waals surface area contributed by atoms with E-state index in [1.54, 1.807) is 12.0 Å². The second kappa shape index (κ2) is 12.9. The molecule has 0 unspecified atom stereocenters. The molecule has 2 atom stereocenters. The summed E-state index contributed by atoms with van der Waals surface area (Å²) in [6.07, 6.45) is -0.625. The van der Waals surface area contributed by atoms with Crippen molar-refractivity contribution in [1.82, 2.24) is 9.80 Å². The second-order valence-electron chi connectivity index (χ2n) is 7.95. The fourth-order valence-corrected chi connectivity index (χ4v) is 3.33. The lowest BCUT2D eigenvalue weighted by molar-refractivity contribution is -0.0605. The highest BCUT2D eigenvalue weighted by Gasteiger charge is 2.26. The summed E-state index contributed by atoms with van der Waals surface area (Å²) in [7, 11) is 1.63. The molecule has 29 heavy (non-hydrogen) atoms. The first-order valence-electron chi connectivity index (χ1n) is 10.4. The number of ether oxygens (including phenoxy) is 3. The third kappa shape index (κ3) is 8.80. The van der Waals surface area contributed by atoms with Crippen molar-refractivity contribution in [2.75, 3.05) is 66.3 Å². The van der Waals surface area contributed by atoms with E-state index in [0.29, 0.717) is 64.1 Å². The lowest BCUT2D eigenvalue weighted by Gasteiger charge is -2.36. The summed E-state index contributed by atoms with van der Waals surface area (Å²) in [4.78, 5) is 16.9. The van der Waals surface area contributed by atoms with E-state index in [9.17, 15) is 9.90 Å². The monoisotopic (exact) mass is 408 g/mol. The van der Waals surface area contributed by atoms with Crippen molar-refractivity contribution in [3.05, 3.63) is 35.9 Å². The summed E-state index contributed by atoms with van der Waals surface area (Å²) in [5, 5.41) is 10.2. The first kappa shape index (κ1) is 23.8. The number of carbonyl (C=O) groups excluding carboxylic acids is 1. The van der Waals surface area contributed by atoms with Crippen LogP contribution >= 0.6 is 0 Å². The molecule has 1 amide bonds. The predicted octanol–water partition coefficient (Wildman–Crippen LogP) is 1.51. The van der Waals surface area contributed by atoms with Gasteiger partial charge in [-0.25, -0.2) is 0 Å². The fraction of sp³-hybridized carbons (Fsp3) is 0.682. The zero-order chi connectivity index (χ0) is 21.1. The van der Waals surface area contributed by atoms with Crippen molar-refractivity contribution in [3.63, 3.8) is 0 Å². The molecule has 1 aromatic rings. The number of carbonyl (C=O) groups is 1. The van der Waals surface area contributed by atoms with Crippen molar-refractivity contribution >= 4 is 5.91 Å². The minimum absolute atomic E-state index is 0.0227. The van der Waals surface area contributed by atoms with Crippen LogP contribution in [0, 0.1) is 5.92 Å². The normalized spacial score (nSPS) is 18.7. The number of methoxy groups -OCH3 is 1. The van der Waals surface area contributed by atoms with Crippen molar-refractivity contribution in [2.24, 2.45) is 5.92 Å². The Morgan fingerprint density at radius 1 is 1.31 bits per heavy atom. The van der Waals surface area contributed by atoms with Crippen LogP contribution in [-0.4, -0.2) is 99.3 Å². The standard InChI is InChI=1S/C22H36N2O5/c1-18(2)16-28-17-20(25)13-23-9-12-29-21(14-23)15-24(10-11-27-3)22(26)19-7-5-4-6-8-19/h4-8,18,20-21,25H,9-17H2,1-3H3/t20-,21+/m1/s1. The van der Waals surface area contributed by atoms with Crippen LogP contribution in [0.5, 0.6) is 0 Å². The van der Waals surface area contributed by atoms with Gasteiger partial charge in [0.15, 0.2) is 0 Å². The Balaban J connectivity index is 1.87. The summed E-state index contributed by atoms with van der Waals surface area (Å²) >= 11 is 0. The first-order chi connectivity index (χ1) is 14.0. The van der Waals surface area contributed by atoms with Crippen LogP contribution in [0.4, 0.5) is 0 Å². The predicted molar refractivity (Wildman–Crippen MR) is 112 cm³/mol. The SMILES string of the molecule is COCCN(C[C@@H]1CN(C[C@@H](O)COCC(C)C)CCO1)C(=O)c1ccccc1. The Morgan fingerprint density at radius 3 is 2.76 bits per heavy atom. The molecule has 2 rings (SSSR count). The van der Waals surface area contributed by atoms with Gasteiger partial charge in [0.05, 0.1) is 32.0 Å². The topological polar surface area (TPSA) is 71.5 Å². The number of nitrogens with zero attached hydrogens (tertiary/aromatic N) is 2. The van der Waals surface area contributed by atoms with Gasteiger partial charge in [0, 0.05) is 52.0 Å². The zero-order valence-corrected chi connectivity index (χ0v) is 18.0. The van der Waals surface area contributed by atoms with Gasteiger partial charge in [0.25, 0.3) is 5.91 Å². The lowest BCUT2D eigenvalue weighted by atomic mass is 10.1. The number of hydrogen-bond donors (Lipinski definition) is 1. The average Bonchev–Trinajstić information content (AvgIpc) is 2.71. The number of rotatable bonds is 12. The fourth-order valence-electron chi connectivity index (χ4n) is 3.33. The van der Waals surface area contributed by atoms with E-state index in [1.807, 2.05) is 30.3 Å². The smallest absolute Gasteiger partial charge is 0.254 e. The van der Waals surface area contributed by atoms with E-state index in [0.717, 1.165) is 6.54 Å². The maximum atomic E-state index is 12.9. The van der Waals surface area contributed by atoms with Crippen LogP contribution in [0.2, 0.25) is 0 Å². The molecule has 0 aromatic heterocycles. The lowest BCUT2D eigenvalue weighted by Crippen LogP contribution is -2.51. The van der Waals surface area contributed by atoms with E-state index in [4.69, 9.17) is 14.2 Å². The largest absolute Gasteiger partial charge is 0.389 e. The highest BCUT2D eigenvalue weighted by atomic mass is 16.5. The van der Waals surface area contributed by atoms with Crippen LogP contribution in [0.25, 0.3) is 0 Å². The molecule has 1 N–H and O–H groups in total. The zero-order valence-electron chi connectivity index (χ0n) is 18.0. The van der Waals surface area contributed by atoms with Gasteiger partial charge in [-0.05, 0) is 18.1 Å².